The van der Waals surface area contributed by atoms with Gasteiger partial charge >= 0.3 is 0 Å². The van der Waals surface area contributed by atoms with Gasteiger partial charge in [-0.1, -0.05) is 19.8 Å². The van der Waals surface area contributed by atoms with Crippen molar-refractivity contribution in [3.63, 3.8) is 0 Å². The van der Waals surface area contributed by atoms with Crippen LogP contribution in [0.3, 0.4) is 0 Å². The number of rotatable bonds is 2. The molecular weight excluding hydrogens is 174 g/mol. The zero-order chi connectivity index (χ0) is 10.0. The lowest BCUT2D eigenvalue weighted by atomic mass is 9.75. The smallest absolute Gasteiger partial charge is 0.189 e. The van der Waals surface area contributed by atoms with Crippen molar-refractivity contribution in [2.75, 3.05) is 6.54 Å². The maximum absolute atomic E-state index is 5.67. The van der Waals surface area contributed by atoms with Crippen molar-refractivity contribution < 1.29 is 0 Å². The van der Waals surface area contributed by atoms with E-state index < -0.39 is 0 Å². The molecule has 2 rings (SSSR count). The molecule has 0 radical (unpaired) electrons. The first-order valence-corrected chi connectivity index (χ1v) is 5.82. The molecule has 3 nitrogen and oxygen atoms in total. The zero-order valence-electron chi connectivity index (χ0n) is 9.05. The van der Waals surface area contributed by atoms with Crippen molar-refractivity contribution in [1.29, 1.82) is 0 Å². The van der Waals surface area contributed by atoms with E-state index in [-0.39, 0.29) is 5.54 Å². The van der Waals surface area contributed by atoms with Gasteiger partial charge in [0.2, 0.25) is 0 Å². The molecule has 1 fully saturated rings. The fourth-order valence-corrected chi connectivity index (χ4v) is 2.80. The fraction of sp³-hybridized carbons (Fsp3) is 0.909. The van der Waals surface area contributed by atoms with Crippen molar-refractivity contribution in [1.82, 2.24) is 5.32 Å². The number of nitrogens with one attached hydrogen (secondary N) is 1. The van der Waals surface area contributed by atoms with Crippen molar-refractivity contribution in [2.24, 2.45) is 16.6 Å². The topological polar surface area (TPSA) is 50.4 Å². The van der Waals surface area contributed by atoms with Gasteiger partial charge in [-0.05, 0) is 31.6 Å². The molecule has 3 N–H and O–H groups in total. The lowest BCUT2D eigenvalue weighted by molar-refractivity contribution is 0.219. The second-order valence-electron chi connectivity index (χ2n) is 4.84. The highest BCUT2D eigenvalue weighted by molar-refractivity contribution is 5.80. The summed E-state index contributed by atoms with van der Waals surface area (Å²) in [4.78, 5) is 4.27. The van der Waals surface area contributed by atoms with Crippen LogP contribution in [0.1, 0.15) is 45.4 Å². The van der Waals surface area contributed by atoms with Crippen LogP contribution in [0.2, 0.25) is 0 Å². The Balaban J connectivity index is 1.84. The van der Waals surface area contributed by atoms with E-state index in [1.807, 2.05) is 0 Å². The molecule has 1 heterocycles. The molecule has 0 amide bonds. The number of guanidine groups is 1. The molecule has 1 spiro atoms. The Kier molecular flexibility index (Phi) is 2.66. The van der Waals surface area contributed by atoms with Crippen LogP contribution in [0.25, 0.3) is 0 Å². The van der Waals surface area contributed by atoms with Gasteiger partial charge in [0.25, 0.3) is 0 Å². The highest BCUT2D eigenvalue weighted by Gasteiger charge is 2.37. The molecule has 0 aromatic rings. The molecule has 0 saturated heterocycles. The predicted octanol–water partition coefficient (Wildman–Crippen LogP) is 1.63. The summed E-state index contributed by atoms with van der Waals surface area (Å²) in [7, 11) is 0. The van der Waals surface area contributed by atoms with Crippen LogP contribution in [0.15, 0.2) is 4.99 Å². The van der Waals surface area contributed by atoms with E-state index in [4.69, 9.17) is 5.73 Å². The number of nitrogens with zero attached hydrogens (tertiary/aromatic N) is 1. The minimum Gasteiger partial charge on any atom is -0.370 e. The van der Waals surface area contributed by atoms with Crippen LogP contribution >= 0.6 is 0 Å². The molecule has 2 aliphatic rings. The Labute approximate surface area is 86.2 Å². The van der Waals surface area contributed by atoms with Gasteiger partial charge in [-0.3, -0.25) is 4.99 Å². The van der Waals surface area contributed by atoms with Gasteiger partial charge in [-0.25, -0.2) is 0 Å². The van der Waals surface area contributed by atoms with Gasteiger partial charge in [-0.2, -0.15) is 0 Å². The summed E-state index contributed by atoms with van der Waals surface area (Å²) in [6.07, 6.45) is 7.92. The Morgan fingerprint density at radius 2 is 2.21 bits per heavy atom. The summed E-state index contributed by atoms with van der Waals surface area (Å²) in [5, 5.41) is 3.36. The standard InChI is InChI=1S/C11H21N3/c1-2-3-9-4-6-11(7-5-9)8-13-10(12)14-11/h9H,2-8H2,1H3,(H3,12,13,14). The van der Waals surface area contributed by atoms with Gasteiger partial charge in [0, 0.05) is 0 Å². The minimum atomic E-state index is 0.244. The summed E-state index contributed by atoms with van der Waals surface area (Å²) in [5.41, 5.74) is 5.92. The van der Waals surface area contributed by atoms with Gasteiger partial charge in [0.15, 0.2) is 5.96 Å². The predicted molar refractivity (Wildman–Crippen MR) is 59.2 cm³/mol. The molecular formula is C11H21N3. The quantitative estimate of drug-likeness (QED) is 0.703. The summed E-state index contributed by atoms with van der Waals surface area (Å²) in [6.45, 7) is 3.18. The minimum absolute atomic E-state index is 0.244. The summed E-state index contributed by atoms with van der Waals surface area (Å²) in [6, 6.07) is 0. The number of hydrogen-bond acceptors (Lipinski definition) is 3. The van der Waals surface area contributed by atoms with E-state index in [1.165, 1.54) is 38.5 Å². The molecule has 0 aromatic carbocycles. The molecule has 0 bridgehead atoms. The Bertz CT molecular complexity index is 227. The van der Waals surface area contributed by atoms with Crippen molar-refractivity contribution in [2.45, 2.75) is 51.0 Å². The third-order valence-corrected chi connectivity index (χ3v) is 3.70. The van der Waals surface area contributed by atoms with Crippen LogP contribution in [0, 0.1) is 5.92 Å². The Morgan fingerprint density at radius 1 is 1.50 bits per heavy atom. The first-order valence-electron chi connectivity index (χ1n) is 5.82. The van der Waals surface area contributed by atoms with Crippen LogP contribution < -0.4 is 11.1 Å². The zero-order valence-corrected chi connectivity index (χ0v) is 9.05. The van der Waals surface area contributed by atoms with Crippen molar-refractivity contribution in [3.05, 3.63) is 0 Å². The van der Waals surface area contributed by atoms with Crippen LogP contribution in [0.4, 0.5) is 0 Å². The Morgan fingerprint density at radius 3 is 2.71 bits per heavy atom. The van der Waals surface area contributed by atoms with Crippen LogP contribution in [-0.2, 0) is 0 Å². The monoisotopic (exact) mass is 195 g/mol. The van der Waals surface area contributed by atoms with Crippen molar-refractivity contribution >= 4 is 5.96 Å². The molecule has 1 aliphatic heterocycles. The molecule has 3 heteroatoms. The number of hydrogen-bond donors (Lipinski definition) is 2. The molecule has 0 aromatic heterocycles. The maximum atomic E-state index is 5.67. The van der Waals surface area contributed by atoms with Crippen LogP contribution in [0.5, 0.6) is 0 Å². The molecule has 0 unspecified atom stereocenters. The highest BCUT2D eigenvalue weighted by Crippen LogP contribution is 2.35. The normalized spacial score (nSPS) is 36.9. The Hall–Kier alpha value is -0.730. The van der Waals surface area contributed by atoms with Crippen LogP contribution in [-0.4, -0.2) is 18.0 Å². The van der Waals surface area contributed by atoms with Gasteiger partial charge in [-0.15, -0.1) is 0 Å². The van der Waals surface area contributed by atoms with Crippen molar-refractivity contribution in [3.8, 4) is 0 Å². The molecule has 1 aliphatic carbocycles. The first-order chi connectivity index (χ1) is 6.74. The lowest BCUT2D eigenvalue weighted by Gasteiger charge is -2.37. The fourth-order valence-electron chi connectivity index (χ4n) is 2.80. The third kappa shape index (κ3) is 1.86. The molecule has 0 atom stereocenters. The van der Waals surface area contributed by atoms with E-state index in [1.54, 1.807) is 0 Å². The summed E-state index contributed by atoms with van der Waals surface area (Å²) in [5.74, 6) is 1.60. The van der Waals surface area contributed by atoms with E-state index >= 15 is 0 Å². The van der Waals surface area contributed by atoms with Gasteiger partial charge in [0.05, 0.1) is 12.1 Å². The maximum Gasteiger partial charge on any atom is 0.189 e. The molecule has 14 heavy (non-hydrogen) atoms. The lowest BCUT2D eigenvalue weighted by Crippen LogP contribution is -2.50. The number of nitrogens with two attached hydrogens (primary N) is 1. The summed E-state index contributed by atoms with van der Waals surface area (Å²) < 4.78 is 0. The van der Waals surface area contributed by atoms with E-state index in [0.29, 0.717) is 5.96 Å². The SMILES string of the molecule is CCCC1CCC2(CC1)CN=C(N)N2. The first kappa shape index (κ1) is 9.81. The van der Waals surface area contributed by atoms with E-state index in [9.17, 15) is 0 Å². The average Bonchev–Trinajstić information content (AvgIpc) is 2.53. The second-order valence-corrected chi connectivity index (χ2v) is 4.84. The van der Waals surface area contributed by atoms with E-state index in [2.05, 4.69) is 17.2 Å². The molecule has 80 valence electrons. The average molecular weight is 195 g/mol. The van der Waals surface area contributed by atoms with Gasteiger partial charge < -0.3 is 11.1 Å². The number of aliphatic imine (C=N–C) groups is 1. The molecule has 1 saturated carbocycles. The highest BCUT2D eigenvalue weighted by atomic mass is 15.2. The second kappa shape index (κ2) is 3.79. The third-order valence-electron chi connectivity index (χ3n) is 3.70. The van der Waals surface area contributed by atoms with Gasteiger partial charge in [0.1, 0.15) is 0 Å². The van der Waals surface area contributed by atoms with E-state index in [0.717, 1.165) is 12.5 Å². The largest absolute Gasteiger partial charge is 0.370 e. The summed E-state index contributed by atoms with van der Waals surface area (Å²) >= 11 is 0.